The Labute approximate surface area is 119 Å². The summed E-state index contributed by atoms with van der Waals surface area (Å²) in [5.41, 5.74) is 2.26. The number of halogens is 1. The normalized spacial score (nSPS) is 10.4. The van der Waals surface area contributed by atoms with Crippen LogP contribution in [0, 0.1) is 13.8 Å². The van der Waals surface area contributed by atoms with Gasteiger partial charge in [0.25, 0.3) is 5.91 Å². The molecule has 94 valence electrons. The molecule has 0 aliphatic heterocycles. The van der Waals surface area contributed by atoms with Crippen LogP contribution in [0.2, 0.25) is 0 Å². The Hall–Kier alpha value is -1.13. The first-order chi connectivity index (χ1) is 8.56. The van der Waals surface area contributed by atoms with Crippen molar-refractivity contribution in [3.63, 3.8) is 0 Å². The molecule has 4 heteroatoms. The van der Waals surface area contributed by atoms with Crippen molar-refractivity contribution in [3.8, 4) is 0 Å². The second kappa shape index (κ2) is 5.67. The smallest absolute Gasteiger partial charge is 0.261 e. The van der Waals surface area contributed by atoms with Gasteiger partial charge in [0, 0.05) is 15.9 Å². The van der Waals surface area contributed by atoms with Crippen molar-refractivity contribution in [2.24, 2.45) is 0 Å². The lowest BCUT2D eigenvalue weighted by molar-refractivity contribution is 0.0955. The molecule has 0 saturated heterocycles. The van der Waals surface area contributed by atoms with Crippen LogP contribution in [-0.2, 0) is 6.54 Å². The first-order valence-corrected chi connectivity index (χ1v) is 7.27. The molecular formula is C14H14BrNOS. The van der Waals surface area contributed by atoms with E-state index in [1.165, 1.54) is 21.8 Å². The van der Waals surface area contributed by atoms with Gasteiger partial charge in [0.1, 0.15) is 0 Å². The average molecular weight is 324 g/mol. The summed E-state index contributed by atoms with van der Waals surface area (Å²) < 4.78 is 1.03. The predicted octanol–water partition coefficient (Wildman–Crippen LogP) is 4.06. The number of rotatable bonds is 3. The van der Waals surface area contributed by atoms with E-state index in [9.17, 15) is 4.79 Å². The van der Waals surface area contributed by atoms with Crippen LogP contribution in [-0.4, -0.2) is 5.91 Å². The molecule has 1 aromatic carbocycles. The average Bonchev–Trinajstić information content (AvgIpc) is 2.67. The number of hydrogen-bond donors (Lipinski definition) is 1. The molecule has 0 aliphatic rings. The predicted molar refractivity (Wildman–Crippen MR) is 79.1 cm³/mol. The Morgan fingerprint density at radius 1 is 1.33 bits per heavy atom. The Morgan fingerprint density at radius 3 is 2.72 bits per heavy atom. The third-order valence-corrected chi connectivity index (χ3v) is 4.38. The summed E-state index contributed by atoms with van der Waals surface area (Å²) in [5, 5.41) is 2.93. The second-order valence-electron chi connectivity index (χ2n) is 4.16. The van der Waals surface area contributed by atoms with Gasteiger partial charge in [-0.05, 0) is 43.2 Å². The number of nitrogens with one attached hydrogen (secondary N) is 1. The van der Waals surface area contributed by atoms with Gasteiger partial charge in [0.05, 0.1) is 4.88 Å². The van der Waals surface area contributed by atoms with Gasteiger partial charge in [-0.3, -0.25) is 4.79 Å². The maximum Gasteiger partial charge on any atom is 0.261 e. The molecule has 0 saturated carbocycles. The van der Waals surface area contributed by atoms with E-state index in [1.807, 2.05) is 44.2 Å². The van der Waals surface area contributed by atoms with Gasteiger partial charge >= 0.3 is 0 Å². The molecule has 1 N–H and O–H groups in total. The zero-order valence-corrected chi connectivity index (χ0v) is 12.7. The first-order valence-electron chi connectivity index (χ1n) is 5.66. The van der Waals surface area contributed by atoms with Crippen LogP contribution in [0.1, 0.15) is 25.7 Å². The molecule has 1 heterocycles. The highest BCUT2D eigenvalue weighted by Gasteiger charge is 2.09. The fraction of sp³-hybridized carbons (Fsp3) is 0.214. The molecular weight excluding hydrogens is 310 g/mol. The van der Waals surface area contributed by atoms with Gasteiger partial charge < -0.3 is 5.32 Å². The van der Waals surface area contributed by atoms with Crippen LogP contribution < -0.4 is 5.32 Å². The quantitative estimate of drug-likeness (QED) is 0.906. The van der Waals surface area contributed by atoms with E-state index in [0.717, 1.165) is 14.9 Å². The highest BCUT2D eigenvalue weighted by molar-refractivity contribution is 9.10. The van der Waals surface area contributed by atoms with Crippen LogP contribution in [0.5, 0.6) is 0 Å². The Morgan fingerprint density at radius 2 is 2.11 bits per heavy atom. The largest absolute Gasteiger partial charge is 0.347 e. The molecule has 0 aliphatic carbocycles. The number of hydrogen-bond acceptors (Lipinski definition) is 2. The lowest BCUT2D eigenvalue weighted by Gasteiger charge is -2.04. The molecule has 0 radical (unpaired) electrons. The standard InChI is InChI=1S/C14H14BrNOS/c1-9-6-13(18-10(9)2)14(17)16-8-11-4-3-5-12(15)7-11/h3-7H,8H2,1-2H3,(H,16,17). The van der Waals surface area contributed by atoms with E-state index in [2.05, 4.69) is 21.2 Å². The van der Waals surface area contributed by atoms with Crippen LogP contribution in [0.15, 0.2) is 34.8 Å². The molecule has 0 atom stereocenters. The molecule has 2 aromatic rings. The van der Waals surface area contributed by atoms with Gasteiger partial charge in [-0.2, -0.15) is 0 Å². The summed E-state index contributed by atoms with van der Waals surface area (Å²) >= 11 is 4.96. The molecule has 0 spiro atoms. The SMILES string of the molecule is Cc1cc(C(=O)NCc2cccc(Br)c2)sc1C. The van der Waals surface area contributed by atoms with Crippen LogP contribution >= 0.6 is 27.3 Å². The molecule has 18 heavy (non-hydrogen) atoms. The van der Waals surface area contributed by atoms with E-state index in [0.29, 0.717) is 6.54 Å². The second-order valence-corrected chi connectivity index (χ2v) is 6.33. The van der Waals surface area contributed by atoms with Crippen molar-refractivity contribution >= 4 is 33.2 Å². The Kier molecular flexibility index (Phi) is 4.19. The number of benzene rings is 1. The lowest BCUT2D eigenvalue weighted by atomic mass is 10.2. The van der Waals surface area contributed by atoms with Crippen molar-refractivity contribution in [1.29, 1.82) is 0 Å². The summed E-state index contributed by atoms with van der Waals surface area (Å²) in [6, 6.07) is 9.87. The molecule has 1 aromatic heterocycles. The van der Waals surface area contributed by atoms with Crippen molar-refractivity contribution in [3.05, 3.63) is 55.7 Å². The van der Waals surface area contributed by atoms with Gasteiger partial charge in [-0.15, -0.1) is 11.3 Å². The van der Waals surface area contributed by atoms with Crippen LogP contribution in [0.4, 0.5) is 0 Å². The van der Waals surface area contributed by atoms with Crippen molar-refractivity contribution in [1.82, 2.24) is 5.32 Å². The van der Waals surface area contributed by atoms with E-state index in [4.69, 9.17) is 0 Å². The summed E-state index contributed by atoms with van der Waals surface area (Å²) in [4.78, 5) is 13.9. The van der Waals surface area contributed by atoms with Crippen molar-refractivity contribution < 1.29 is 4.79 Å². The third kappa shape index (κ3) is 3.21. The van der Waals surface area contributed by atoms with Crippen LogP contribution in [0.25, 0.3) is 0 Å². The van der Waals surface area contributed by atoms with Crippen molar-refractivity contribution in [2.45, 2.75) is 20.4 Å². The number of thiophene rings is 1. The van der Waals surface area contributed by atoms with Gasteiger partial charge in [-0.25, -0.2) is 0 Å². The minimum absolute atomic E-state index is 0.00354. The third-order valence-electron chi connectivity index (χ3n) is 2.73. The maximum atomic E-state index is 12.0. The monoisotopic (exact) mass is 323 g/mol. The first kappa shape index (κ1) is 13.3. The molecule has 0 fully saturated rings. The zero-order chi connectivity index (χ0) is 13.1. The van der Waals surface area contributed by atoms with E-state index in [1.54, 1.807) is 0 Å². The van der Waals surface area contributed by atoms with Crippen molar-refractivity contribution in [2.75, 3.05) is 0 Å². The number of carbonyl (C=O) groups excluding carboxylic acids is 1. The van der Waals surface area contributed by atoms with Crippen LogP contribution in [0.3, 0.4) is 0 Å². The summed E-state index contributed by atoms with van der Waals surface area (Å²) in [6.45, 7) is 4.61. The highest BCUT2D eigenvalue weighted by Crippen LogP contribution is 2.20. The van der Waals surface area contributed by atoms with E-state index in [-0.39, 0.29) is 5.91 Å². The maximum absolute atomic E-state index is 12.0. The lowest BCUT2D eigenvalue weighted by Crippen LogP contribution is -2.21. The molecule has 1 amide bonds. The summed E-state index contributed by atoms with van der Waals surface area (Å²) in [6.07, 6.45) is 0. The zero-order valence-electron chi connectivity index (χ0n) is 10.3. The summed E-state index contributed by atoms with van der Waals surface area (Å²) in [7, 11) is 0. The Bertz CT molecular complexity index is 557. The number of carbonyl (C=O) groups is 1. The van der Waals surface area contributed by atoms with Gasteiger partial charge in [0.2, 0.25) is 0 Å². The molecule has 0 unspecified atom stereocenters. The van der Waals surface area contributed by atoms with Gasteiger partial charge in [0.15, 0.2) is 0 Å². The minimum Gasteiger partial charge on any atom is -0.347 e. The molecule has 2 nitrogen and oxygen atoms in total. The van der Waals surface area contributed by atoms with Gasteiger partial charge in [-0.1, -0.05) is 28.1 Å². The topological polar surface area (TPSA) is 29.1 Å². The van der Waals surface area contributed by atoms with E-state index >= 15 is 0 Å². The fourth-order valence-corrected chi connectivity index (χ4v) is 3.00. The summed E-state index contributed by atoms with van der Waals surface area (Å²) in [5.74, 6) is -0.00354. The number of aryl methyl sites for hydroxylation is 2. The minimum atomic E-state index is -0.00354. The molecule has 2 rings (SSSR count). The fourth-order valence-electron chi connectivity index (χ4n) is 1.60. The molecule has 0 bridgehead atoms. The number of amides is 1. The van der Waals surface area contributed by atoms with E-state index < -0.39 is 0 Å². The highest BCUT2D eigenvalue weighted by atomic mass is 79.9. The Balaban J connectivity index is 2.00.